The lowest BCUT2D eigenvalue weighted by Crippen LogP contribution is -2.23. The summed E-state index contributed by atoms with van der Waals surface area (Å²) in [5.74, 6) is 0.464. The fourth-order valence-electron chi connectivity index (χ4n) is 1.37. The van der Waals surface area contributed by atoms with E-state index >= 15 is 0 Å². The summed E-state index contributed by atoms with van der Waals surface area (Å²) in [5.41, 5.74) is 6.42. The molecule has 0 saturated carbocycles. The Bertz CT molecular complexity index is 617. The maximum atomic E-state index is 12.0. The van der Waals surface area contributed by atoms with Crippen molar-refractivity contribution in [3.05, 3.63) is 28.7 Å². The number of aromatic nitrogens is 3. The van der Waals surface area contributed by atoms with Crippen LogP contribution in [0.1, 0.15) is 16.3 Å². The van der Waals surface area contributed by atoms with Crippen molar-refractivity contribution in [2.75, 3.05) is 0 Å². The molecule has 0 aromatic carbocycles. The highest BCUT2D eigenvalue weighted by Crippen LogP contribution is 2.25. The summed E-state index contributed by atoms with van der Waals surface area (Å²) in [5, 5.41) is 6.23. The van der Waals surface area contributed by atoms with Crippen molar-refractivity contribution >= 4 is 21.4 Å². The summed E-state index contributed by atoms with van der Waals surface area (Å²) in [7, 11) is -3.52. The van der Waals surface area contributed by atoms with Crippen molar-refractivity contribution in [1.82, 2.24) is 19.9 Å². The number of sulfonamides is 1. The first-order valence-corrected chi connectivity index (χ1v) is 7.46. The maximum absolute atomic E-state index is 12.0. The average Bonchev–Trinajstić information content (AvgIpc) is 2.95. The molecule has 0 radical (unpaired) electrons. The summed E-state index contributed by atoms with van der Waals surface area (Å²) in [6, 6.07) is 1.62. The zero-order chi connectivity index (χ0) is 13.2. The lowest BCUT2D eigenvalue weighted by atomic mass is 10.3. The van der Waals surface area contributed by atoms with Crippen molar-refractivity contribution in [2.45, 2.75) is 24.2 Å². The first-order chi connectivity index (χ1) is 8.53. The van der Waals surface area contributed by atoms with E-state index in [-0.39, 0.29) is 10.8 Å². The first kappa shape index (κ1) is 13.1. The molecule has 18 heavy (non-hydrogen) atoms. The van der Waals surface area contributed by atoms with Crippen LogP contribution in [0.2, 0.25) is 0 Å². The van der Waals surface area contributed by atoms with E-state index in [9.17, 15) is 8.42 Å². The number of aromatic amines is 1. The molecule has 4 N–H and O–H groups in total. The predicted molar refractivity (Wildman–Crippen MR) is 67.4 cm³/mol. The van der Waals surface area contributed by atoms with Crippen LogP contribution in [0.5, 0.6) is 0 Å². The Morgan fingerprint density at radius 3 is 2.89 bits per heavy atom. The molecule has 0 fully saturated rings. The zero-order valence-corrected chi connectivity index (χ0v) is 11.3. The molecule has 0 aliphatic heterocycles. The van der Waals surface area contributed by atoms with Gasteiger partial charge in [0.1, 0.15) is 16.4 Å². The highest BCUT2D eigenvalue weighted by atomic mass is 32.2. The van der Waals surface area contributed by atoms with Crippen LogP contribution in [0, 0.1) is 6.92 Å². The molecule has 2 aromatic rings. The number of nitrogens with one attached hydrogen (secondary N) is 2. The molecule has 0 unspecified atom stereocenters. The minimum atomic E-state index is -3.52. The number of nitrogens with zero attached hydrogens (tertiary/aromatic N) is 2. The fraction of sp³-hybridized carbons (Fsp3) is 0.333. The number of aryl methyl sites for hydroxylation is 1. The summed E-state index contributed by atoms with van der Waals surface area (Å²) in [6.45, 7) is 2.26. The van der Waals surface area contributed by atoms with E-state index < -0.39 is 10.0 Å². The molecule has 0 atom stereocenters. The van der Waals surface area contributed by atoms with Crippen molar-refractivity contribution in [3.63, 3.8) is 0 Å². The van der Waals surface area contributed by atoms with E-state index in [0.29, 0.717) is 12.4 Å². The molecule has 98 valence electrons. The number of nitrogens with two attached hydrogens (primary N) is 1. The van der Waals surface area contributed by atoms with Crippen LogP contribution in [0.3, 0.4) is 0 Å². The molecule has 2 rings (SSSR count). The minimum Gasteiger partial charge on any atom is -0.326 e. The van der Waals surface area contributed by atoms with Crippen molar-refractivity contribution in [2.24, 2.45) is 5.73 Å². The standard InChI is InChI=1S/C9H13N5O2S2/c1-6-2-9(17-7(6)3-10)18(15,16)13-4-8-11-5-12-14-8/h2,5,13H,3-4,10H2,1H3,(H,11,12,14). The third-order valence-corrected chi connectivity index (χ3v) is 5.48. The van der Waals surface area contributed by atoms with Gasteiger partial charge in [-0.15, -0.1) is 11.3 Å². The molecule has 0 aliphatic carbocycles. The number of hydrogen-bond donors (Lipinski definition) is 3. The number of rotatable bonds is 5. The van der Waals surface area contributed by atoms with Gasteiger partial charge in [0.05, 0.1) is 6.54 Å². The Morgan fingerprint density at radius 1 is 1.56 bits per heavy atom. The predicted octanol–water partition coefficient (Wildman–Crippen LogP) is 0.112. The molecule has 0 bridgehead atoms. The number of thiophene rings is 1. The van der Waals surface area contributed by atoms with E-state index in [4.69, 9.17) is 5.73 Å². The summed E-state index contributed by atoms with van der Waals surface area (Å²) in [4.78, 5) is 4.71. The van der Waals surface area contributed by atoms with Gasteiger partial charge in [-0.2, -0.15) is 5.10 Å². The summed E-state index contributed by atoms with van der Waals surface area (Å²) < 4.78 is 26.7. The van der Waals surface area contributed by atoms with Gasteiger partial charge in [0.25, 0.3) is 0 Å². The minimum absolute atomic E-state index is 0.0806. The summed E-state index contributed by atoms with van der Waals surface area (Å²) >= 11 is 1.18. The SMILES string of the molecule is Cc1cc(S(=O)(=O)NCc2ncn[nH]2)sc1CN. The van der Waals surface area contributed by atoms with Crippen LogP contribution in [0.25, 0.3) is 0 Å². The lowest BCUT2D eigenvalue weighted by Gasteiger charge is -2.01. The van der Waals surface area contributed by atoms with Gasteiger partial charge in [-0.05, 0) is 18.6 Å². The zero-order valence-electron chi connectivity index (χ0n) is 9.67. The van der Waals surface area contributed by atoms with Crippen molar-refractivity contribution in [3.8, 4) is 0 Å². The van der Waals surface area contributed by atoms with Crippen molar-refractivity contribution in [1.29, 1.82) is 0 Å². The van der Waals surface area contributed by atoms with Gasteiger partial charge in [-0.25, -0.2) is 18.1 Å². The number of hydrogen-bond acceptors (Lipinski definition) is 6. The molecule has 2 heterocycles. The quantitative estimate of drug-likeness (QED) is 0.722. The molecular weight excluding hydrogens is 274 g/mol. The van der Waals surface area contributed by atoms with E-state index in [2.05, 4.69) is 19.9 Å². The van der Waals surface area contributed by atoms with Crippen LogP contribution in [0.15, 0.2) is 16.6 Å². The second-order valence-electron chi connectivity index (χ2n) is 3.63. The fourth-order valence-corrected chi connectivity index (χ4v) is 3.87. The third-order valence-electron chi connectivity index (χ3n) is 2.34. The van der Waals surface area contributed by atoms with Gasteiger partial charge in [0.15, 0.2) is 0 Å². The Labute approximate surface area is 108 Å². The topological polar surface area (TPSA) is 114 Å². The largest absolute Gasteiger partial charge is 0.326 e. The molecule has 9 heteroatoms. The Balaban J connectivity index is 2.14. The second-order valence-corrected chi connectivity index (χ2v) is 6.76. The normalized spacial score (nSPS) is 11.9. The van der Waals surface area contributed by atoms with Gasteiger partial charge in [0.2, 0.25) is 10.0 Å². The molecular formula is C9H13N5O2S2. The Kier molecular flexibility index (Phi) is 3.76. The Morgan fingerprint density at radius 2 is 2.33 bits per heavy atom. The molecule has 0 aliphatic rings. The Hall–Kier alpha value is -1.29. The van der Waals surface area contributed by atoms with Crippen LogP contribution in [-0.4, -0.2) is 23.6 Å². The van der Waals surface area contributed by atoms with E-state index in [1.165, 1.54) is 17.7 Å². The highest BCUT2D eigenvalue weighted by molar-refractivity contribution is 7.91. The van der Waals surface area contributed by atoms with Crippen LogP contribution in [-0.2, 0) is 23.1 Å². The second kappa shape index (κ2) is 5.14. The van der Waals surface area contributed by atoms with E-state index in [0.717, 1.165) is 10.4 Å². The van der Waals surface area contributed by atoms with Crippen molar-refractivity contribution < 1.29 is 8.42 Å². The van der Waals surface area contributed by atoms with Crippen LogP contribution >= 0.6 is 11.3 Å². The van der Waals surface area contributed by atoms with Gasteiger partial charge in [-0.3, -0.25) is 5.10 Å². The monoisotopic (exact) mass is 287 g/mol. The average molecular weight is 287 g/mol. The maximum Gasteiger partial charge on any atom is 0.250 e. The molecule has 0 spiro atoms. The van der Waals surface area contributed by atoms with Gasteiger partial charge >= 0.3 is 0 Å². The third kappa shape index (κ3) is 2.75. The molecule has 0 amide bonds. The smallest absolute Gasteiger partial charge is 0.250 e. The van der Waals surface area contributed by atoms with Gasteiger partial charge < -0.3 is 5.73 Å². The van der Waals surface area contributed by atoms with E-state index in [1.807, 2.05) is 6.92 Å². The van der Waals surface area contributed by atoms with E-state index in [1.54, 1.807) is 6.07 Å². The number of H-pyrrole nitrogens is 1. The van der Waals surface area contributed by atoms with Gasteiger partial charge in [0, 0.05) is 11.4 Å². The molecule has 7 nitrogen and oxygen atoms in total. The molecule has 2 aromatic heterocycles. The van der Waals surface area contributed by atoms with Crippen LogP contribution < -0.4 is 10.5 Å². The lowest BCUT2D eigenvalue weighted by molar-refractivity contribution is 0.581. The van der Waals surface area contributed by atoms with Gasteiger partial charge in [-0.1, -0.05) is 0 Å². The summed E-state index contributed by atoms with van der Waals surface area (Å²) in [6.07, 6.45) is 1.32. The molecule has 0 saturated heterocycles. The first-order valence-electron chi connectivity index (χ1n) is 5.16. The highest BCUT2D eigenvalue weighted by Gasteiger charge is 2.18. The van der Waals surface area contributed by atoms with Crippen LogP contribution in [0.4, 0.5) is 0 Å².